The molecule has 134 valence electrons. The quantitative estimate of drug-likeness (QED) is 0.911. The van der Waals surface area contributed by atoms with E-state index in [0.29, 0.717) is 25.9 Å². The molecule has 1 unspecified atom stereocenters. The van der Waals surface area contributed by atoms with Crippen molar-refractivity contribution in [2.24, 2.45) is 5.92 Å². The first-order valence-corrected chi connectivity index (χ1v) is 8.42. The third-order valence-electron chi connectivity index (χ3n) is 4.82. The first-order valence-electron chi connectivity index (χ1n) is 8.42. The molecule has 8 heteroatoms. The summed E-state index contributed by atoms with van der Waals surface area (Å²) in [6.07, 6.45) is 0.493. The van der Waals surface area contributed by atoms with Gasteiger partial charge in [0.2, 0.25) is 5.91 Å². The fourth-order valence-electron chi connectivity index (χ4n) is 3.63. The predicted molar refractivity (Wildman–Crippen MR) is 82.4 cm³/mol. The topological polar surface area (TPSA) is 50.2 Å². The summed E-state index contributed by atoms with van der Waals surface area (Å²) in [4.78, 5) is 18.2. The number of nitrogens with one attached hydrogen (secondary N) is 1. The van der Waals surface area contributed by atoms with Crippen molar-refractivity contribution >= 4 is 5.91 Å². The number of alkyl halides is 3. The van der Waals surface area contributed by atoms with Gasteiger partial charge in [0.25, 0.3) is 0 Å². The standard InChI is InChI=1S/C16H23F3N4O/c1-11-8-23-9-13(2-3-14(23)20-11)21-15(24)12-4-6-22(7-5-12)10-16(17,18)19/h8,12-13H,2-7,9-10H2,1H3,(H,21,24). The molecular weight excluding hydrogens is 321 g/mol. The van der Waals surface area contributed by atoms with E-state index in [0.717, 1.165) is 30.9 Å². The molecule has 0 aliphatic carbocycles. The first-order chi connectivity index (χ1) is 11.3. The number of rotatable bonds is 3. The number of amides is 1. The predicted octanol–water partition coefficient (Wildman–Crippen LogP) is 1.90. The zero-order valence-corrected chi connectivity index (χ0v) is 13.8. The van der Waals surface area contributed by atoms with Gasteiger partial charge < -0.3 is 9.88 Å². The Morgan fingerprint density at radius 3 is 2.71 bits per heavy atom. The number of fused-ring (bicyclic) bond motifs is 1. The third kappa shape index (κ3) is 4.28. The van der Waals surface area contributed by atoms with E-state index in [1.807, 2.05) is 13.1 Å². The van der Waals surface area contributed by atoms with Gasteiger partial charge in [0.05, 0.1) is 12.2 Å². The van der Waals surface area contributed by atoms with Crippen molar-refractivity contribution in [2.75, 3.05) is 19.6 Å². The number of aromatic nitrogens is 2. The highest BCUT2D eigenvalue weighted by Gasteiger charge is 2.34. The van der Waals surface area contributed by atoms with Gasteiger partial charge in [0, 0.05) is 31.1 Å². The van der Waals surface area contributed by atoms with Crippen LogP contribution in [0, 0.1) is 12.8 Å². The molecule has 1 atom stereocenters. The highest BCUT2D eigenvalue weighted by atomic mass is 19.4. The summed E-state index contributed by atoms with van der Waals surface area (Å²) < 4.78 is 39.3. The molecule has 5 nitrogen and oxygen atoms in total. The minimum absolute atomic E-state index is 0.0213. The highest BCUT2D eigenvalue weighted by molar-refractivity contribution is 5.79. The van der Waals surface area contributed by atoms with E-state index in [1.54, 1.807) is 0 Å². The molecular formula is C16H23F3N4O. The van der Waals surface area contributed by atoms with Crippen LogP contribution in [0.2, 0.25) is 0 Å². The molecule has 0 saturated carbocycles. The number of imidazole rings is 1. The summed E-state index contributed by atoms with van der Waals surface area (Å²) in [5.41, 5.74) is 0.981. The Labute approximate surface area is 139 Å². The Kier molecular flexibility index (Phi) is 4.85. The maximum atomic E-state index is 12.4. The number of piperidine rings is 1. The van der Waals surface area contributed by atoms with Crippen molar-refractivity contribution in [3.63, 3.8) is 0 Å². The molecule has 1 amide bonds. The van der Waals surface area contributed by atoms with Crippen LogP contribution in [0.1, 0.15) is 30.8 Å². The monoisotopic (exact) mass is 344 g/mol. The highest BCUT2D eigenvalue weighted by Crippen LogP contribution is 2.23. The summed E-state index contributed by atoms with van der Waals surface area (Å²) >= 11 is 0. The maximum absolute atomic E-state index is 12.4. The van der Waals surface area contributed by atoms with Crippen LogP contribution in [-0.4, -0.2) is 52.2 Å². The summed E-state index contributed by atoms with van der Waals surface area (Å²) in [5.74, 6) is 0.853. The van der Waals surface area contributed by atoms with Gasteiger partial charge in [-0.1, -0.05) is 0 Å². The van der Waals surface area contributed by atoms with E-state index in [2.05, 4.69) is 14.9 Å². The normalized spacial score (nSPS) is 23.1. The van der Waals surface area contributed by atoms with Gasteiger partial charge in [-0.25, -0.2) is 4.98 Å². The van der Waals surface area contributed by atoms with E-state index < -0.39 is 12.7 Å². The van der Waals surface area contributed by atoms with Crippen LogP contribution in [0.15, 0.2) is 6.20 Å². The van der Waals surface area contributed by atoms with Gasteiger partial charge in [-0.15, -0.1) is 0 Å². The van der Waals surface area contributed by atoms with Gasteiger partial charge in [-0.2, -0.15) is 13.2 Å². The number of hydrogen-bond donors (Lipinski definition) is 1. The van der Waals surface area contributed by atoms with E-state index in [1.165, 1.54) is 4.90 Å². The van der Waals surface area contributed by atoms with Crippen LogP contribution in [0.25, 0.3) is 0 Å². The number of nitrogens with zero attached hydrogens (tertiary/aromatic N) is 3. The molecule has 24 heavy (non-hydrogen) atoms. The maximum Gasteiger partial charge on any atom is 0.401 e. The minimum Gasteiger partial charge on any atom is -0.351 e. The molecule has 0 bridgehead atoms. The second-order valence-electron chi connectivity index (χ2n) is 6.86. The fourth-order valence-corrected chi connectivity index (χ4v) is 3.63. The SMILES string of the molecule is Cc1cn2c(n1)CCC(NC(=O)C1CCN(CC(F)(F)F)CC1)C2. The first kappa shape index (κ1) is 17.3. The molecule has 1 fully saturated rings. The van der Waals surface area contributed by atoms with Gasteiger partial charge in [0.15, 0.2) is 0 Å². The summed E-state index contributed by atoms with van der Waals surface area (Å²) in [7, 11) is 0. The number of carbonyl (C=O) groups excluding carboxylic acids is 1. The van der Waals surface area contributed by atoms with Crippen LogP contribution in [0.3, 0.4) is 0 Å². The Morgan fingerprint density at radius 2 is 2.04 bits per heavy atom. The molecule has 2 aliphatic heterocycles. The van der Waals surface area contributed by atoms with Crippen molar-refractivity contribution in [1.82, 2.24) is 19.8 Å². The minimum atomic E-state index is -4.17. The fraction of sp³-hybridized carbons (Fsp3) is 0.750. The van der Waals surface area contributed by atoms with Crippen LogP contribution < -0.4 is 5.32 Å². The number of likely N-dealkylation sites (tertiary alicyclic amines) is 1. The molecule has 1 N–H and O–H groups in total. The molecule has 3 rings (SSSR count). The van der Waals surface area contributed by atoms with E-state index in [-0.39, 0.29) is 17.9 Å². The van der Waals surface area contributed by atoms with Crippen molar-refractivity contribution in [2.45, 2.75) is 51.4 Å². The lowest BCUT2D eigenvalue weighted by Gasteiger charge is -2.33. The van der Waals surface area contributed by atoms with Gasteiger partial charge in [-0.3, -0.25) is 9.69 Å². The van der Waals surface area contributed by atoms with Crippen molar-refractivity contribution < 1.29 is 18.0 Å². The molecule has 1 aromatic heterocycles. The van der Waals surface area contributed by atoms with E-state index in [4.69, 9.17) is 0 Å². The zero-order chi connectivity index (χ0) is 17.3. The molecule has 3 heterocycles. The van der Waals surface area contributed by atoms with Gasteiger partial charge in [0.1, 0.15) is 5.82 Å². The van der Waals surface area contributed by atoms with Crippen molar-refractivity contribution in [1.29, 1.82) is 0 Å². The largest absolute Gasteiger partial charge is 0.401 e. The van der Waals surface area contributed by atoms with Crippen molar-refractivity contribution in [3.8, 4) is 0 Å². The average Bonchev–Trinajstić information content (AvgIpc) is 2.85. The lowest BCUT2D eigenvalue weighted by Crippen LogP contribution is -2.47. The van der Waals surface area contributed by atoms with Crippen LogP contribution in [0.5, 0.6) is 0 Å². The Morgan fingerprint density at radius 1 is 1.33 bits per heavy atom. The molecule has 0 aromatic carbocycles. The summed E-state index contributed by atoms with van der Waals surface area (Å²) in [6.45, 7) is 2.44. The van der Waals surface area contributed by atoms with Crippen LogP contribution in [-0.2, 0) is 17.8 Å². The Hall–Kier alpha value is -1.57. The molecule has 1 aromatic rings. The van der Waals surface area contributed by atoms with Crippen LogP contribution >= 0.6 is 0 Å². The summed E-state index contributed by atoms with van der Waals surface area (Å²) in [5, 5.41) is 3.07. The Bertz CT molecular complexity index is 591. The van der Waals surface area contributed by atoms with E-state index in [9.17, 15) is 18.0 Å². The summed E-state index contributed by atoms with van der Waals surface area (Å²) in [6, 6.07) is 0.0757. The second kappa shape index (κ2) is 6.74. The smallest absolute Gasteiger partial charge is 0.351 e. The van der Waals surface area contributed by atoms with Crippen molar-refractivity contribution in [3.05, 3.63) is 17.7 Å². The lowest BCUT2D eigenvalue weighted by atomic mass is 9.95. The van der Waals surface area contributed by atoms with Gasteiger partial charge >= 0.3 is 6.18 Å². The number of aryl methyl sites for hydroxylation is 2. The average molecular weight is 344 g/mol. The number of hydrogen-bond acceptors (Lipinski definition) is 3. The number of halogens is 3. The van der Waals surface area contributed by atoms with Crippen LogP contribution in [0.4, 0.5) is 13.2 Å². The van der Waals surface area contributed by atoms with E-state index >= 15 is 0 Å². The molecule has 0 radical (unpaired) electrons. The number of carbonyl (C=O) groups is 1. The zero-order valence-electron chi connectivity index (χ0n) is 13.8. The Balaban J connectivity index is 1.47. The van der Waals surface area contributed by atoms with Gasteiger partial charge in [-0.05, 0) is 39.3 Å². The second-order valence-corrected chi connectivity index (χ2v) is 6.86. The third-order valence-corrected chi connectivity index (χ3v) is 4.82. The molecule has 2 aliphatic rings. The molecule has 1 saturated heterocycles. The molecule has 0 spiro atoms. The lowest BCUT2D eigenvalue weighted by molar-refractivity contribution is -0.149.